The number of ether oxygens (including phenoxy) is 2. The molecule has 5 nitrogen and oxygen atoms in total. The van der Waals surface area contributed by atoms with Crippen LogP contribution in [0.2, 0.25) is 0 Å². The molecule has 0 aliphatic heterocycles. The van der Waals surface area contributed by atoms with Crippen molar-refractivity contribution >= 4 is 11.6 Å². The maximum atomic E-state index is 11.2. The predicted octanol–water partition coefficient (Wildman–Crippen LogP) is 2.48. The lowest BCUT2D eigenvalue weighted by Gasteiger charge is -2.13. The van der Waals surface area contributed by atoms with Gasteiger partial charge in [-0.1, -0.05) is 6.07 Å². The third-order valence-corrected chi connectivity index (χ3v) is 2.84. The zero-order valence-electron chi connectivity index (χ0n) is 11.3. The molecule has 0 aliphatic rings. The molecule has 0 fully saturated rings. The van der Waals surface area contributed by atoms with E-state index in [4.69, 9.17) is 20.9 Å². The molecule has 0 bridgehead atoms. The fraction of sp³-hybridized carbons (Fsp3) is 0.133. The second-order valence-electron chi connectivity index (χ2n) is 4.37. The molecule has 1 amide bonds. The summed E-state index contributed by atoms with van der Waals surface area (Å²) in [4.78, 5) is 11.2. The molecule has 4 N–H and O–H groups in total. The number of nitrogen functional groups attached to an aromatic ring is 1. The molecule has 2 aromatic carbocycles. The number of rotatable bonds is 4. The van der Waals surface area contributed by atoms with Crippen LogP contribution in [0.4, 0.5) is 5.69 Å². The first-order valence-electron chi connectivity index (χ1n) is 6.03. The van der Waals surface area contributed by atoms with Crippen LogP contribution in [0.3, 0.4) is 0 Å². The van der Waals surface area contributed by atoms with Gasteiger partial charge in [-0.3, -0.25) is 4.79 Å². The van der Waals surface area contributed by atoms with Gasteiger partial charge >= 0.3 is 0 Å². The number of hydrogen-bond donors (Lipinski definition) is 2. The molecule has 0 spiro atoms. The quantitative estimate of drug-likeness (QED) is 0.837. The number of nitrogens with two attached hydrogens (primary N) is 2. The normalized spacial score (nSPS) is 10.1. The molecule has 2 rings (SSSR count). The molecule has 0 saturated carbocycles. The van der Waals surface area contributed by atoms with Crippen molar-refractivity contribution in [3.63, 3.8) is 0 Å². The average molecular weight is 272 g/mol. The lowest BCUT2D eigenvalue weighted by molar-refractivity contribution is 0.1000. The van der Waals surface area contributed by atoms with Crippen LogP contribution in [0.5, 0.6) is 17.2 Å². The van der Waals surface area contributed by atoms with Gasteiger partial charge in [0.25, 0.3) is 0 Å². The van der Waals surface area contributed by atoms with E-state index in [1.54, 1.807) is 25.3 Å². The fourth-order valence-corrected chi connectivity index (χ4v) is 1.75. The van der Waals surface area contributed by atoms with Gasteiger partial charge in [-0.15, -0.1) is 0 Å². The lowest BCUT2D eigenvalue weighted by Crippen LogP contribution is -2.11. The van der Waals surface area contributed by atoms with E-state index in [9.17, 15) is 4.79 Å². The summed E-state index contributed by atoms with van der Waals surface area (Å²) in [5, 5.41) is 0. The van der Waals surface area contributed by atoms with E-state index in [-0.39, 0.29) is 0 Å². The van der Waals surface area contributed by atoms with E-state index in [1.165, 1.54) is 6.07 Å². The summed E-state index contributed by atoms with van der Waals surface area (Å²) >= 11 is 0. The number of methoxy groups -OCH3 is 1. The smallest absolute Gasteiger partial charge is 0.248 e. The van der Waals surface area contributed by atoms with Crippen LogP contribution < -0.4 is 20.9 Å². The van der Waals surface area contributed by atoms with Crippen LogP contribution >= 0.6 is 0 Å². The first-order chi connectivity index (χ1) is 9.51. The topological polar surface area (TPSA) is 87.6 Å². The summed E-state index contributed by atoms with van der Waals surface area (Å²) < 4.78 is 11.0. The number of anilines is 1. The maximum Gasteiger partial charge on any atom is 0.248 e. The number of benzene rings is 2. The Morgan fingerprint density at radius 2 is 1.80 bits per heavy atom. The molecule has 2 aromatic rings. The summed E-state index contributed by atoms with van der Waals surface area (Å²) in [7, 11) is 1.56. The molecule has 0 aliphatic carbocycles. The van der Waals surface area contributed by atoms with Crippen LogP contribution in [0.25, 0.3) is 0 Å². The Bertz CT molecular complexity index is 654. The molecule has 0 atom stereocenters. The van der Waals surface area contributed by atoms with Crippen LogP contribution in [-0.4, -0.2) is 13.0 Å². The van der Waals surface area contributed by atoms with Crippen LogP contribution in [0.15, 0.2) is 36.4 Å². The molecule has 5 heteroatoms. The highest BCUT2D eigenvalue weighted by molar-refractivity contribution is 5.93. The lowest BCUT2D eigenvalue weighted by atomic mass is 10.2. The van der Waals surface area contributed by atoms with Crippen LogP contribution in [0.1, 0.15) is 15.9 Å². The molecule has 0 unspecified atom stereocenters. The van der Waals surface area contributed by atoms with Crippen molar-refractivity contribution in [2.45, 2.75) is 6.92 Å². The van der Waals surface area contributed by atoms with Gasteiger partial charge in [0, 0.05) is 5.56 Å². The Balaban J connectivity index is 2.39. The molecular weight excluding hydrogens is 256 g/mol. The zero-order chi connectivity index (χ0) is 14.7. The van der Waals surface area contributed by atoms with E-state index in [0.717, 1.165) is 5.56 Å². The molecule has 20 heavy (non-hydrogen) atoms. The number of carbonyl (C=O) groups is 1. The fourth-order valence-electron chi connectivity index (χ4n) is 1.75. The van der Waals surface area contributed by atoms with Crippen molar-refractivity contribution in [3.8, 4) is 17.2 Å². The van der Waals surface area contributed by atoms with Gasteiger partial charge in [0.05, 0.1) is 12.8 Å². The van der Waals surface area contributed by atoms with E-state index in [2.05, 4.69) is 0 Å². The third kappa shape index (κ3) is 2.83. The minimum Gasteiger partial charge on any atom is -0.493 e. The maximum absolute atomic E-state index is 11.2. The van der Waals surface area contributed by atoms with Gasteiger partial charge in [0.1, 0.15) is 0 Å². The first kappa shape index (κ1) is 13.7. The van der Waals surface area contributed by atoms with Crippen LogP contribution in [-0.2, 0) is 0 Å². The highest BCUT2D eigenvalue weighted by atomic mass is 16.5. The van der Waals surface area contributed by atoms with Crippen molar-refractivity contribution in [2.75, 3.05) is 12.8 Å². The number of carbonyl (C=O) groups excluding carboxylic acids is 1. The van der Waals surface area contributed by atoms with Crippen molar-refractivity contribution in [3.05, 3.63) is 47.5 Å². The Morgan fingerprint density at radius 1 is 1.05 bits per heavy atom. The zero-order valence-corrected chi connectivity index (χ0v) is 11.3. The largest absolute Gasteiger partial charge is 0.493 e. The Labute approximate surface area is 117 Å². The van der Waals surface area contributed by atoms with Gasteiger partial charge in [-0.2, -0.15) is 0 Å². The van der Waals surface area contributed by atoms with Crippen molar-refractivity contribution < 1.29 is 14.3 Å². The van der Waals surface area contributed by atoms with E-state index in [1.807, 2.05) is 19.1 Å². The Kier molecular flexibility index (Phi) is 3.79. The Hall–Kier alpha value is -2.69. The highest BCUT2D eigenvalue weighted by Crippen LogP contribution is 2.35. The van der Waals surface area contributed by atoms with E-state index in [0.29, 0.717) is 28.5 Å². The number of amides is 1. The second-order valence-corrected chi connectivity index (χ2v) is 4.37. The number of hydrogen-bond acceptors (Lipinski definition) is 4. The van der Waals surface area contributed by atoms with Gasteiger partial charge in [-0.05, 0) is 42.8 Å². The van der Waals surface area contributed by atoms with Gasteiger partial charge in [0.2, 0.25) is 5.91 Å². The van der Waals surface area contributed by atoms with Gasteiger partial charge in [-0.25, -0.2) is 0 Å². The summed E-state index contributed by atoms with van der Waals surface area (Å²) in [6.45, 7) is 1.95. The molecular formula is C15H16N2O3. The molecule has 0 aromatic heterocycles. The van der Waals surface area contributed by atoms with Crippen molar-refractivity contribution in [1.29, 1.82) is 0 Å². The number of primary amides is 1. The highest BCUT2D eigenvalue weighted by Gasteiger charge is 2.10. The standard InChI is InChI=1S/C15H16N2O3/c1-9-3-6-12(14(7-9)19-2)20-13-8-10(15(17)18)4-5-11(13)16/h3-8H,16H2,1-2H3,(H2,17,18). The Morgan fingerprint density at radius 3 is 2.45 bits per heavy atom. The predicted molar refractivity (Wildman–Crippen MR) is 77.2 cm³/mol. The second kappa shape index (κ2) is 5.52. The molecule has 0 radical (unpaired) electrons. The molecule has 0 saturated heterocycles. The molecule has 0 heterocycles. The molecule has 104 valence electrons. The summed E-state index contributed by atoms with van der Waals surface area (Å²) in [5.74, 6) is 0.939. The first-order valence-corrected chi connectivity index (χ1v) is 6.03. The minimum atomic E-state index is -0.536. The van der Waals surface area contributed by atoms with Crippen molar-refractivity contribution in [2.24, 2.45) is 5.73 Å². The third-order valence-electron chi connectivity index (χ3n) is 2.84. The monoisotopic (exact) mass is 272 g/mol. The van der Waals surface area contributed by atoms with Gasteiger partial charge in [0.15, 0.2) is 17.2 Å². The van der Waals surface area contributed by atoms with Crippen molar-refractivity contribution in [1.82, 2.24) is 0 Å². The van der Waals surface area contributed by atoms with E-state index < -0.39 is 5.91 Å². The van der Waals surface area contributed by atoms with Crippen LogP contribution in [0, 0.1) is 6.92 Å². The summed E-state index contributed by atoms with van der Waals surface area (Å²) in [5.41, 5.74) is 12.9. The van der Waals surface area contributed by atoms with E-state index >= 15 is 0 Å². The van der Waals surface area contributed by atoms with Gasteiger partial charge < -0.3 is 20.9 Å². The SMILES string of the molecule is COc1cc(C)ccc1Oc1cc(C(N)=O)ccc1N. The summed E-state index contributed by atoms with van der Waals surface area (Å²) in [6, 6.07) is 10.2. The number of aryl methyl sites for hydroxylation is 1. The average Bonchev–Trinajstić information content (AvgIpc) is 2.42. The minimum absolute atomic E-state index is 0.334. The summed E-state index contributed by atoms with van der Waals surface area (Å²) in [6.07, 6.45) is 0.